The molecule has 2 aromatic heterocycles. The highest BCUT2D eigenvalue weighted by atomic mass is 14.7. The van der Waals surface area contributed by atoms with Crippen molar-refractivity contribution in [2.45, 2.75) is 19.3 Å². The molecule has 0 fully saturated rings. The molecule has 0 spiro atoms. The highest BCUT2D eigenvalue weighted by Crippen LogP contribution is 2.54. The Morgan fingerprint density at radius 2 is 1.08 bits per heavy atom. The number of pyridine rings is 2. The second-order valence-corrected chi connectivity index (χ2v) is 14.5. The van der Waals surface area contributed by atoms with E-state index in [0.29, 0.717) is 0 Å². The van der Waals surface area contributed by atoms with Gasteiger partial charge in [-0.05, 0) is 82.7 Å². The maximum absolute atomic E-state index is 5.47. The zero-order valence-electron chi connectivity index (χ0n) is 28.4. The van der Waals surface area contributed by atoms with E-state index in [1.54, 1.807) is 0 Å². The third kappa shape index (κ3) is 3.93. The van der Waals surface area contributed by atoms with Crippen molar-refractivity contribution in [1.82, 2.24) is 9.97 Å². The van der Waals surface area contributed by atoms with Gasteiger partial charge in [-0.1, -0.05) is 153 Å². The number of hydrogen-bond acceptors (Lipinski definition) is 2. The van der Waals surface area contributed by atoms with Crippen LogP contribution in [-0.2, 0) is 5.41 Å². The molecule has 11 rings (SSSR count). The topological polar surface area (TPSA) is 25.8 Å². The van der Waals surface area contributed by atoms with Crippen LogP contribution in [0.4, 0.5) is 0 Å². The molecule has 0 saturated carbocycles. The van der Waals surface area contributed by atoms with Gasteiger partial charge >= 0.3 is 0 Å². The van der Waals surface area contributed by atoms with E-state index < -0.39 is 0 Å². The van der Waals surface area contributed by atoms with Crippen molar-refractivity contribution < 1.29 is 0 Å². The number of nitrogens with zero attached hydrogens (tertiary/aromatic N) is 2. The molecular weight excluding hydrogens is 617 g/mol. The molecule has 2 nitrogen and oxygen atoms in total. The SMILES string of the molecule is CC1(C)c2ccccc2-c2nc3c(ccc4ccccc43)c(-c3ccc(-c4ccc5ccc6c(-c7cccnc7)ccc7ccc4c5c76)cc3)c21. The minimum absolute atomic E-state index is 0.187. The van der Waals surface area contributed by atoms with Gasteiger partial charge in [0.1, 0.15) is 0 Å². The molecule has 1 aliphatic rings. The summed E-state index contributed by atoms with van der Waals surface area (Å²) in [6, 6.07) is 53.7. The lowest BCUT2D eigenvalue weighted by Gasteiger charge is -2.25. The van der Waals surface area contributed by atoms with Crippen LogP contribution in [0.15, 0.2) is 158 Å². The summed E-state index contributed by atoms with van der Waals surface area (Å²) in [5.74, 6) is 0. The van der Waals surface area contributed by atoms with Crippen LogP contribution in [0.5, 0.6) is 0 Å². The second kappa shape index (κ2) is 10.3. The summed E-state index contributed by atoms with van der Waals surface area (Å²) >= 11 is 0. The van der Waals surface area contributed by atoms with E-state index in [2.05, 4.69) is 158 Å². The molecule has 0 aliphatic heterocycles. The Hall–Kier alpha value is -6.38. The van der Waals surface area contributed by atoms with E-state index in [-0.39, 0.29) is 5.41 Å². The average Bonchev–Trinajstić information content (AvgIpc) is 3.42. The van der Waals surface area contributed by atoms with E-state index in [1.165, 1.54) is 93.0 Å². The molecule has 0 bridgehead atoms. The highest BCUT2D eigenvalue weighted by molar-refractivity contribution is 6.27. The predicted octanol–water partition coefficient (Wildman–Crippen LogP) is 13.0. The van der Waals surface area contributed by atoms with Gasteiger partial charge in [-0.25, -0.2) is 4.98 Å². The normalized spacial score (nSPS) is 13.5. The third-order valence-electron chi connectivity index (χ3n) is 11.5. The molecule has 0 N–H and O–H groups in total. The molecule has 238 valence electrons. The molecule has 2 heterocycles. The first kappa shape index (κ1) is 28.5. The van der Waals surface area contributed by atoms with Crippen LogP contribution in [0.1, 0.15) is 25.0 Å². The zero-order valence-corrected chi connectivity index (χ0v) is 28.4. The van der Waals surface area contributed by atoms with Crippen molar-refractivity contribution in [3.05, 3.63) is 169 Å². The molecule has 8 aromatic carbocycles. The molecule has 0 atom stereocenters. The Morgan fingerprint density at radius 1 is 0.451 bits per heavy atom. The number of benzene rings is 8. The number of rotatable bonds is 3. The van der Waals surface area contributed by atoms with E-state index in [0.717, 1.165) is 16.8 Å². The van der Waals surface area contributed by atoms with Gasteiger partial charge in [0.25, 0.3) is 0 Å². The van der Waals surface area contributed by atoms with Crippen LogP contribution in [0.3, 0.4) is 0 Å². The van der Waals surface area contributed by atoms with Gasteiger partial charge in [-0.15, -0.1) is 0 Å². The monoisotopic (exact) mass is 648 g/mol. The van der Waals surface area contributed by atoms with Crippen molar-refractivity contribution >= 4 is 54.0 Å². The molecule has 0 unspecified atom stereocenters. The van der Waals surface area contributed by atoms with E-state index in [1.807, 2.05) is 18.5 Å². The van der Waals surface area contributed by atoms with Gasteiger partial charge in [0.15, 0.2) is 0 Å². The summed E-state index contributed by atoms with van der Waals surface area (Å²) in [6.07, 6.45) is 3.80. The largest absolute Gasteiger partial charge is 0.264 e. The average molecular weight is 649 g/mol. The lowest BCUT2D eigenvalue weighted by atomic mass is 9.78. The van der Waals surface area contributed by atoms with Gasteiger partial charge < -0.3 is 0 Å². The standard InChI is InChI=1S/C49H32N2/c1-49(2)42-12-6-5-11-40(42)48-46(49)45(41-26-17-29-8-3-4-10-37(29)47(41)51-48)33-15-13-30(14-16-33)35-22-18-31-21-25-39-36(34-9-7-27-50-28-34)23-19-32-20-24-38(35)43(31)44(32)39/h3-28H,1-2H3. The number of aromatic nitrogens is 2. The maximum atomic E-state index is 5.47. The Balaban J connectivity index is 1.13. The zero-order chi connectivity index (χ0) is 33.8. The first-order valence-electron chi connectivity index (χ1n) is 17.7. The van der Waals surface area contributed by atoms with Crippen molar-refractivity contribution in [2.24, 2.45) is 0 Å². The molecule has 0 saturated heterocycles. The van der Waals surface area contributed by atoms with Gasteiger partial charge in [-0.2, -0.15) is 0 Å². The Labute approximate surface area is 296 Å². The van der Waals surface area contributed by atoms with E-state index in [9.17, 15) is 0 Å². The predicted molar refractivity (Wildman–Crippen MR) is 215 cm³/mol. The summed E-state index contributed by atoms with van der Waals surface area (Å²) < 4.78 is 0. The molecule has 0 radical (unpaired) electrons. The van der Waals surface area contributed by atoms with Crippen molar-refractivity contribution in [3.8, 4) is 44.6 Å². The van der Waals surface area contributed by atoms with Crippen LogP contribution < -0.4 is 0 Å². The lowest BCUT2D eigenvalue weighted by molar-refractivity contribution is 0.662. The summed E-state index contributed by atoms with van der Waals surface area (Å²) in [6.45, 7) is 4.71. The van der Waals surface area contributed by atoms with Gasteiger partial charge in [0, 0.05) is 39.7 Å². The summed E-state index contributed by atoms with van der Waals surface area (Å²) in [5.41, 5.74) is 13.2. The van der Waals surface area contributed by atoms with Crippen molar-refractivity contribution in [1.29, 1.82) is 0 Å². The third-order valence-corrected chi connectivity index (χ3v) is 11.5. The van der Waals surface area contributed by atoms with Crippen LogP contribution in [0, 0.1) is 0 Å². The summed E-state index contributed by atoms with van der Waals surface area (Å²) in [5, 5.41) is 11.3. The Bertz CT molecular complexity index is 3030. The molecule has 10 aromatic rings. The van der Waals surface area contributed by atoms with E-state index in [4.69, 9.17) is 4.98 Å². The summed E-state index contributed by atoms with van der Waals surface area (Å²) in [4.78, 5) is 9.89. The summed E-state index contributed by atoms with van der Waals surface area (Å²) in [7, 11) is 0. The van der Waals surface area contributed by atoms with Crippen LogP contribution in [-0.4, -0.2) is 9.97 Å². The number of hydrogen-bond donors (Lipinski definition) is 0. The first-order chi connectivity index (χ1) is 25.1. The van der Waals surface area contributed by atoms with Gasteiger partial charge in [-0.3, -0.25) is 4.98 Å². The van der Waals surface area contributed by atoms with Crippen LogP contribution in [0.25, 0.3) is 98.6 Å². The maximum Gasteiger partial charge on any atom is 0.0794 e. The number of fused-ring (bicyclic) bond motifs is 6. The van der Waals surface area contributed by atoms with Crippen LogP contribution in [0.2, 0.25) is 0 Å². The van der Waals surface area contributed by atoms with E-state index >= 15 is 0 Å². The highest BCUT2D eigenvalue weighted by Gasteiger charge is 2.39. The molecular formula is C49H32N2. The smallest absolute Gasteiger partial charge is 0.0794 e. The minimum atomic E-state index is -0.187. The Morgan fingerprint density at radius 3 is 1.82 bits per heavy atom. The van der Waals surface area contributed by atoms with Gasteiger partial charge in [0.2, 0.25) is 0 Å². The van der Waals surface area contributed by atoms with Crippen molar-refractivity contribution in [2.75, 3.05) is 0 Å². The molecule has 0 amide bonds. The quantitative estimate of drug-likeness (QED) is 0.178. The lowest BCUT2D eigenvalue weighted by Crippen LogP contribution is -2.16. The minimum Gasteiger partial charge on any atom is -0.264 e. The second-order valence-electron chi connectivity index (χ2n) is 14.5. The fourth-order valence-corrected chi connectivity index (χ4v) is 9.11. The molecule has 2 heteroatoms. The fraction of sp³-hybridized carbons (Fsp3) is 0.0612. The van der Waals surface area contributed by atoms with Gasteiger partial charge in [0.05, 0.1) is 11.2 Å². The van der Waals surface area contributed by atoms with Crippen LogP contribution >= 0.6 is 0 Å². The fourth-order valence-electron chi connectivity index (χ4n) is 9.11. The molecule has 51 heavy (non-hydrogen) atoms. The first-order valence-corrected chi connectivity index (χ1v) is 17.7. The van der Waals surface area contributed by atoms with Crippen molar-refractivity contribution in [3.63, 3.8) is 0 Å². The molecule has 1 aliphatic carbocycles. The Kier molecular flexibility index (Phi) is 5.76.